The van der Waals surface area contributed by atoms with E-state index in [0.29, 0.717) is 43.4 Å². The molecule has 0 radical (unpaired) electrons. The van der Waals surface area contributed by atoms with Gasteiger partial charge < -0.3 is 14.2 Å². The van der Waals surface area contributed by atoms with Gasteiger partial charge in [0.05, 0.1) is 35.6 Å². The van der Waals surface area contributed by atoms with Crippen LogP contribution in [0.25, 0.3) is 16.8 Å². The van der Waals surface area contributed by atoms with Gasteiger partial charge >= 0.3 is 5.97 Å². The molecule has 1 atom stereocenters. The number of aromatic nitrogens is 1. The highest BCUT2D eigenvalue weighted by Gasteiger charge is 2.36. The van der Waals surface area contributed by atoms with Crippen molar-refractivity contribution in [2.75, 3.05) is 13.7 Å². The van der Waals surface area contributed by atoms with E-state index in [1.807, 2.05) is 63.2 Å². The second-order valence-corrected chi connectivity index (χ2v) is 11.6. The lowest BCUT2D eigenvalue weighted by atomic mass is 9.93. The Morgan fingerprint density at radius 3 is 2.52 bits per heavy atom. The third-order valence-electron chi connectivity index (χ3n) is 6.95. The number of rotatable bonds is 9. The van der Waals surface area contributed by atoms with Gasteiger partial charge in [0.15, 0.2) is 4.80 Å². The molecule has 0 amide bonds. The lowest BCUT2D eigenvalue weighted by molar-refractivity contribution is -0.139. The van der Waals surface area contributed by atoms with E-state index in [4.69, 9.17) is 30.8 Å². The number of halogens is 1. The number of benzene rings is 3. The molecule has 218 valence electrons. The number of methoxy groups -OCH3 is 1. The third-order valence-corrected chi connectivity index (χ3v) is 8.16. The number of esters is 1. The number of carbonyl (C=O) groups excluding carboxylic acids is 1. The molecule has 0 N–H and O–H groups in total. The Labute approximate surface area is 253 Å². The zero-order valence-corrected chi connectivity index (χ0v) is 25.8. The number of hydrogen-bond donors (Lipinski definition) is 0. The molecule has 1 aliphatic heterocycles. The van der Waals surface area contributed by atoms with Crippen LogP contribution in [0.1, 0.15) is 57.7 Å². The minimum Gasteiger partial charge on any atom is -0.496 e. The van der Waals surface area contributed by atoms with Gasteiger partial charge in [-0.1, -0.05) is 66.6 Å². The van der Waals surface area contributed by atoms with Gasteiger partial charge in [-0.2, -0.15) is 0 Å². The maximum Gasteiger partial charge on any atom is 0.338 e. The van der Waals surface area contributed by atoms with Gasteiger partial charge in [0.2, 0.25) is 0 Å². The number of nitrogens with zero attached hydrogens (tertiary/aromatic N) is 2. The average Bonchev–Trinajstić information content (AvgIpc) is 3.27. The van der Waals surface area contributed by atoms with Crippen LogP contribution in [0.15, 0.2) is 75.7 Å². The van der Waals surface area contributed by atoms with E-state index >= 15 is 0 Å². The van der Waals surface area contributed by atoms with E-state index in [9.17, 15) is 9.59 Å². The highest BCUT2D eigenvalue weighted by atomic mass is 35.5. The van der Waals surface area contributed by atoms with Crippen LogP contribution < -0.4 is 24.4 Å². The van der Waals surface area contributed by atoms with Crippen molar-refractivity contribution in [2.45, 2.75) is 52.7 Å². The molecule has 0 spiro atoms. The number of carbonyl (C=O) groups is 1. The van der Waals surface area contributed by atoms with Gasteiger partial charge in [0, 0.05) is 16.0 Å². The number of allylic oxidation sites excluding steroid dienone is 1. The first-order valence-corrected chi connectivity index (χ1v) is 15.2. The Kier molecular flexibility index (Phi) is 8.85. The lowest BCUT2D eigenvalue weighted by Gasteiger charge is -2.27. The van der Waals surface area contributed by atoms with Crippen LogP contribution >= 0.6 is 22.9 Å². The monoisotopic (exact) mass is 604 g/mol. The molecular formula is C33H33ClN2O5S. The van der Waals surface area contributed by atoms with E-state index in [-0.39, 0.29) is 18.3 Å². The maximum absolute atomic E-state index is 14.2. The topological polar surface area (TPSA) is 79.1 Å². The van der Waals surface area contributed by atoms with E-state index < -0.39 is 12.0 Å². The Morgan fingerprint density at radius 2 is 1.83 bits per heavy atom. The van der Waals surface area contributed by atoms with Crippen LogP contribution in [-0.2, 0) is 9.53 Å². The van der Waals surface area contributed by atoms with Gasteiger partial charge in [-0.25, -0.2) is 9.79 Å². The molecule has 3 aromatic carbocycles. The fourth-order valence-electron chi connectivity index (χ4n) is 5.25. The van der Waals surface area contributed by atoms with Crippen molar-refractivity contribution < 1.29 is 19.0 Å². The van der Waals surface area contributed by atoms with Gasteiger partial charge in [-0.3, -0.25) is 9.36 Å². The molecule has 2 heterocycles. The van der Waals surface area contributed by atoms with Crippen LogP contribution in [0.5, 0.6) is 11.5 Å². The second-order valence-electron chi connectivity index (χ2n) is 10.2. The van der Waals surface area contributed by atoms with Crippen molar-refractivity contribution in [2.24, 2.45) is 4.99 Å². The Morgan fingerprint density at radius 1 is 1.10 bits per heavy atom. The third kappa shape index (κ3) is 5.61. The maximum atomic E-state index is 14.2. The molecule has 0 bridgehead atoms. The molecule has 0 saturated heterocycles. The molecule has 0 aliphatic carbocycles. The van der Waals surface area contributed by atoms with Gasteiger partial charge in [0.1, 0.15) is 17.5 Å². The van der Waals surface area contributed by atoms with E-state index in [1.165, 1.54) is 11.3 Å². The molecule has 1 aliphatic rings. The van der Waals surface area contributed by atoms with Gasteiger partial charge in [0.25, 0.3) is 5.56 Å². The zero-order chi connectivity index (χ0) is 30.0. The molecule has 0 saturated carbocycles. The quantitative estimate of drug-likeness (QED) is 0.213. The summed E-state index contributed by atoms with van der Waals surface area (Å²) in [7, 11) is 1.55. The molecule has 1 aromatic heterocycles. The minimum atomic E-state index is -0.823. The molecule has 0 fully saturated rings. The summed E-state index contributed by atoms with van der Waals surface area (Å²) >= 11 is 7.74. The molecule has 5 rings (SSSR count). The largest absolute Gasteiger partial charge is 0.496 e. The highest BCUT2D eigenvalue weighted by Crippen LogP contribution is 2.38. The molecule has 9 heteroatoms. The normalized spacial score (nSPS) is 15.1. The van der Waals surface area contributed by atoms with Crippen LogP contribution in [0, 0.1) is 0 Å². The Balaban J connectivity index is 1.79. The van der Waals surface area contributed by atoms with Crippen molar-refractivity contribution in [3.63, 3.8) is 0 Å². The molecule has 4 aromatic rings. The summed E-state index contributed by atoms with van der Waals surface area (Å²) in [6, 6.07) is 16.2. The average molecular weight is 605 g/mol. The SMILES string of the molecule is CCCC1=C(C(=O)OCC)[C@@H](c2cc(Cl)ccc2OC)n2c(s/c(=C/c3ccc(OC(C)C)c4ccccc34)c2=O)=N1. The number of hydrogen-bond acceptors (Lipinski definition) is 7. The molecule has 7 nitrogen and oxygen atoms in total. The summed E-state index contributed by atoms with van der Waals surface area (Å²) in [5, 5.41) is 2.39. The molecular weight excluding hydrogens is 572 g/mol. The first-order chi connectivity index (χ1) is 20.3. The van der Waals surface area contributed by atoms with Crippen molar-refractivity contribution in [3.8, 4) is 11.5 Å². The Hall–Kier alpha value is -3.88. The lowest BCUT2D eigenvalue weighted by Crippen LogP contribution is -2.40. The first-order valence-electron chi connectivity index (χ1n) is 14.0. The molecule has 42 heavy (non-hydrogen) atoms. The predicted octanol–water partition coefficient (Wildman–Crippen LogP) is 6.18. The second kappa shape index (κ2) is 12.5. The van der Waals surface area contributed by atoms with Gasteiger partial charge in [-0.05, 0) is 68.5 Å². The summed E-state index contributed by atoms with van der Waals surface area (Å²) in [5.41, 5.74) is 2.11. The minimum absolute atomic E-state index is 0.0253. The molecule has 0 unspecified atom stereocenters. The predicted molar refractivity (Wildman–Crippen MR) is 167 cm³/mol. The summed E-state index contributed by atoms with van der Waals surface area (Å²) in [5.74, 6) is 0.776. The smallest absolute Gasteiger partial charge is 0.338 e. The zero-order valence-electron chi connectivity index (χ0n) is 24.3. The Bertz CT molecular complexity index is 1870. The highest BCUT2D eigenvalue weighted by molar-refractivity contribution is 7.07. The van der Waals surface area contributed by atoms with Crippen LogP contribution in [0.2, 0.25) is 5.02 Å². The summed E-state index contributed by atoms with van der Waals surface area (Å²) in [6.45, 7) is 7.95. The van der Waals surface area contributed by atoms with Crippen molar-refractivity contribution in [3.05, 3.63) is 102 Å². The van der Waals surface area contributed by atoms with Crippen molar-refractivity contribution >= 4 is 45.8 Å². The summed E-state index contributed by atoms with van der Waals surface area (Å²) < 4.78 is 19.3. The fraction of sp³-hybridized carbons (Fsp3) is 0.303. The van der Waals surface area contributed by atoms with Crippen LogP contribution in [0.4, 0.5) is 0 Å². The number of thiazole rings is 1. The van der Waals surface area contributed by atoms with Crippen molar-refractivity contribution in [1.29, 1.82) is 0 Å². The summed E-state index contributed by atoms with van der Waals surface area (Å²) in [4.78, 5) is 33.1. The fourth-order valence-corrected chi connectivity index (χ4v) is 6.44. The van der Waals surface area contributed by atoms with Gasteiger partial charge in [-0.15, -0.1) is 0 Å². The number of ether oxygens (including phenoxy) is 3. The van der Waals surface area contributed by atoms with E-state index in [1.54, 1.807) is 36.8 Å². The van der Waals surface area contributed by atoms with Crippen LogP contribution in [-0.4, -0.2) is 30.4 Å². The summed E-state index contributed by atoms with van der Waals surface area (Å²) in [6.07, 6.45) is 3.20. The first kappa shape index (κ1) is 29.6. The van der Waals surface area contributed by atoms with Crippen LogP contribution in [0.3, 0.4) is 0 Å². The van der Waals surface area contributed by atoms with Crippen molar-refractivity contribution in [1.82, 2.24) is 4.57 Å². The number of fused-ring (bicyclic) bond motifs is 2. The van der Waals surface area contributed by atoms with E-state index in [2.05, 4.69) is 0 Å². The standard InChI is InChI=1S/C33H33ClN2O5S/c1-6-10-25-29(32(38)40-7-2)30(24-18-21(34)14-16-26(24)39-5)36-31(37)28(42-33(36)35-25)17-20-13-15-27(41-19(3)4)23-12-9-8-11-22(20)23/h8-9,11-19,30H,6-7,10H2,1-5H3/b28-17+/t30-/m1/s1. The van der Waals surface area contributed by atoms with E-state index in [0.717, 1.165) is 28.5 Å².